The van der Waals surface area contributed by atoms with Gasteiger partial charge in [0, 0.05) is 31.7 Å². The number of hydrogen-bond acceptors (Lipinski definition) is 7. The number of nitrogens with one attached hydrogen (secondary N) is 1. The zero-order chi connectivity index (χ0) is 18.2. The molecule has 7 heteroatoms. The third kappa shape index (κ3) is 4.89. The quantitative estimate of drug-likeness (QED) is 0.669. The Morgan fingerprint density at radius 1 is 1.08 bits per heavy atom. The summed E-state index contributed by atoms with van der Waals surface area (Å²) in [6, 6.07) is 11.7. The molecule has 0 aliphatic heterocycles. The van der Waals surface area contributed by atoms with Gasteiger partial charge in [0.1, 0.15) is 5.75 Å². The van der Waals surface area contributed by atoms with Crippen molar-refractivity contribution in [2.24, 2.45) is 0 Å². The van der Waals surface area contributed by atoms with E-state index in [-0.39, 0.29) is 0 Å². The molecule has 0 fully saturated rings. The smallest absolute Gasteiger partial charge is 0.249 e. The third-order valence-electron chi connectivity index (χ3n) is 3.84. The molecule has 3 aromatic rings. The summed E-state index contributed by atoms with van der Waals surface area (Å²) in [5.41, 5.74) is 2.12. The van der Waals surface area contributed by atoms with Gasteiger partial charge in [0.25, 0.3) is 0 Å². The summed E-state index contributed by atoms with van der Waals surface area (Å²) in [7, 11) is 1.99. The molecule has 0 aliphatic rings. The van der Waals surface area contributed by atoms with Crippen LogP contribution < -0.4 is 15.0 Å². The first-order valence-electron chi connectivity index (χ1n) is 8.54. The molecule has 0 unspecified atom stereocenters. The Bertz CT molecular complexity index is 810. The largest absolute Gasteiger partial charge is 0.494 e. The van der Waals surface area contributed by atoms with Crippen LogP contribution in [0.3, 0.4) is 0 Å². The second-order valence-corrected chi connectivity index (χ2v) is 5.75. The number of anilines is 3. The first-order valence-corrected chi connectivity index (χ1v) is 8.54. The van der Waals surface area contributed by atoms with Crippen LogP contribution in [0.15, 0.2) is 55.0 Å². The molecule has 0 radical (unpaired) electrons. The minimum atomic E-state index is 0.461. The maximum absolute atomic E-state index is 5.44. The van der Waals surface area contributed by atoms with Crippen LogP contribution in [0.2, 0.25) is 0 Å². The van der Waals surface area contributed by atoms with Gasteiger partial charge in [-0.15, -0.1) is 5.10 Å². The first-order chi connectivity index (χ1) is 12.7. The van der Waals surface area contributed by atoms with E-state index in [4.69, 9.17) is 4.74 Å². The average Bonchev–Trinajstić information content (AvgIpc) is 2.69. The van der Waals surface area contributed by atoms with Gasteiger partial charge >= 0.3 is 0 Å². The lowest BCUT2D eigenvalue weighted by molar-refractivity contribution is 0.340. The maximum atomic E-state index is 5.44. The van der Waals surface area contributed by atoms with Crippen LogP contribution in [0.1, 0.15) is 12.5 Å². The van der Waals surface area contributed by atoms with E-state index in [0.717, 1.165) is 30.2 Å². The van der Waals surface area contributed by atoms with Gasteiger partial charge in [0.2, 0.25) is 5.95 Å². The SMILES string of the molecule is CCOc1ccc(Nc2nncc(N(C)CCc3ccncc3)n2)cc1. The zero-order valence-corrected chi connectivity index (χ0v) is 15.0. The van der Waals surface area contributed by atoms with Crippen molar-refractivity contribution < 1.29 is 4.74 Å². The van der Waals surface area contributed by atoms with Crippen molar-refractivity contribution >= 4 is 17.5 Å². The molecular weight excluding hydrogens is 328 g/mol. The van der Waals surface area contributed by atoms with Crippen molar-refractivity contribution in [3.63, 3.8) is 0 Å². The van der Waals surface area contributed by atoms with E-state index in [1.54, 1.807) is 18.6 Å². The molecular formula is C19H22N6O. The lowest BCUT2D eigenvalue weighted by Gasteiger charge is -2.18. The minimum Gasteiger partial charge on any atom is -0.494 e. The number of nitrogens with zero attached hydrogens (tertiary/aromatic N) is 5. The van der Waals surface area contributed by atoms with Crippen molar-refractivity contribution in [3.8, 4) is 5.75 Å². The maximum Gasteiger partial charge on any atom is 0.249 e. The minimum absolute atomic E-state index is 0.461. The van der Waals surface area contributed by atoms with Crippen molar-refractivity contribution in [2.45, 2.75) is 13.3 Å². The Hall–Kier alpha value is -3.22. The van der Waals surface area contributed by atoms with Gasteiger partial charge in [-0.2, -0.15) is 10.1 Å². The fourth-order valence-corrected chi connectivity index (χ4v) is 2.42. The number of likely N-dealkylation sites (N-methyl/N-ethyl adjacent to an activating group) is 1. The van der Waals surface area contributed by atoms with Gasteiger partial charge in [-0.05, 0) is 55.3 Å². The molecule has 3 rings (SSSR count). The van der Waals surface area contributed by atoms with E-state index >= 15 is 0 Å². The van der Waals surface area contributed by atoms with Crippen LogP contribution in [-0.2, 0) is 6.42 Å². The molecule has 2 aromatic heterocycles. The predicted molar refractivity (Wildman–Crippen MR) is 102 cm³/mol. The highest BCUT2D eigenvalue weighted by Crippen LogP contribution is 2.19. The second-order valence-electron chi connectivity index (χ2n) is 5.75. The molecule has 1 N–H and O–H groups in total. The van der Waals surface area contributed by atoms with E-state index < -0.39 is 0 Å². The van der Waals surface area contributed by atoms with Gasteiger partial charge in [-0.1, -0.05) is 0 Å². The van der Waals surface area contributed by atoms with E-state index in [1.165, 1.54) is 5.56 Å². The van der Waals surface area contributed by atoms with Crippen LogP contribution in [-0.4, -0.2) is 40.4 Å². The van der Waals surface area contributed by atoms with Crippen molar-refractivity contribution in [1.82, 2.24) is 20.2 Å². The number of aromatic nitrogens is 4. The average molecular weight is 350 g/mol. The molecule has 134 valence electrons. The summed E-state index contributed by atoms with van der Waals surface area (Å²) in [4.78, 5) is 10.6. The first kappa shape index (κ1) is 17.6. The number of ether oxygens (including phenoxy) is 1. The predicted octanol–water partition coefficient (Wildman–Crippen LogP) is 3.09. The molecule has 0 amide bonds. The molecule has 0 atom stereocenters. The van der Waals surface area contributed by atoms with Crippen LogP contribution in [0.4, 0.5) is 17.5 Å². The number of rotatable bonds is 8. The second kappa shape index (κ2) is 8.75. The fraction of sp³-hybridized carbons (Fsp3) is 0.263. The molecule has 1 aromatic carbocycles. The molecule has 0 bridgehead atoms. The van der Waals surface area contributed by atoms with Gasteiger partial charge in [-0.3, -0.25) is 4.98 Å². The van der Waals surface area contributed by atoms with Gasteiger partial charge < -0.3 is 15.0 Å². The standard InChI is InChI=1S/C19H22N6O/c1-3-26-17-6-4-16(5-7-17)22-19-23-18(14-21-24-19)25(2)13-10-15-8-11-20-12-9-15/h4-9,11-12,14H,3,10,13H2,1-2H3,(H,22,23,24). The Balaban J connectivity index is 1.61. The van der Waals surface area contributed by atoms with E-state index in [9.17, 15) is 0 Å². The monoisotopic (exact) mass is 350 g/mol. The van der Waals surface area contributed by atoms with E-state index in [2.05, 4.69) is 30.4 Å². The van der Waals surface area contributed by atoms with Crippen LogP contribution >= 0.6 is 0 Å². The number of pyridine rings is 1. The summed E-state index contributed by atoms with van der Waals surface area (Å²) in [6.45, 7) is 3.43. The Morgan fingerprint density at radius 3 is 2.58 bits per heavy atom. The van der Waals surface area contributed by atoms with Gasteiger partial charge in [0.15, 0.2) is 5.82 Å². The summed E-state index contributed by atoms with van der Waals surface area (Å²) >= 11 is 0. The highest BCUT2D eigenvalue weighted by Gasteiger charge is 2.07. The summed E-state index contributed by atoms with van der Waals surface area (Å²) in [5.74, 6) is 2.06. The van der Waals surface area contributed by atoms with Gasteiger partial charge in [-0.25, -0.2) is 0 Å². The molecule has 26 heavy (non-hydrogen) atoms. The Morgan fingerprint density at radius 2 is 1.85 bits per heavy atom. The molecule has 7 nitrogen and oxygen atoms in total. The molecule has 0 spiro atoms. The van der Waals surface area contributed by atoms with Crippen molar-refractivity contribution in [2.75, 3.05) is 30.4 Å². The van der Waals surface area contributed by atoms with Crippen LogP contribution in [0.25, 0.3) is 0 Å². The Kier molecular flexibility index (Phi) is 5.92. The van der Waals surface area contributed by atoms with Crippen LogP contribution in [0.5, 0.6) is 5.75 Å². The highest BCUT2D eigenvalue weighted by molar-refractivity contribution is 5.55. The van der Waals surface area contributed by atoms with Crippen LogP contribution in [0, 0.1) is 0 Å². The Labute approximate surface area is 153 Å². The topological polar surface area (TPSA) is 76.1 Å². The summed E-state index contributed by atoms with van der Waals surface area (Å²) in [6.07, 6.45) is 6.18. The molecule has 0 aliphatic carbocycles. The lowest BCUT2D eigenvalue weighted by Crippen LogP contribution is -2.22. The highest BCUT2D eigenvalue weighted by atomic mass is 16.5. The van der Waals surface area contributed by atoms with Crippen molar-refractivity contribution in [3.05, 3.63) is 60.6 Å². The third-order valence-corrected chi connectivity index (χ3v) is 3.84. The zero-order valence-electron chi connectivity index (χ0n) is 15.0. The summed E-state index contributed by atoms with van der Waals surface area (Å²) < 4.78 is 5.44. The van der Waals surface area contributed by atoms with Gasteiger partial charge in [0.05, 0.1) is 12.8 Å². The summed E-state index contributed by atoms with van der Waals surface area (Å²) in [5, 5.41) is 11.3. The molecule has 0 saturated heterocycles. The van der Waals surface area contributed by atoms with E-state index in [1.807, 2.05) is 50.4 Å². The number of benzene rings is 1. The number of hydrogen-bond donors (Lipinski definition) is 1. The fourth-order valence-electron chi connectivity index (χ4n) is 2.42. The normalized spacial score (nSPS) is 10.4. The molecule has 2 heterocycles. The van der Waals surface area contributed by atoms with Crippen molar-refractivity contribution in [1.29, 1.82) is 0 Å². The lowest BCUT2D eigenvalue weighted by atomic mass is 10.2. The molecule has 0 saturated carbocycles. The van der Waals surface area contributed by atoms with E-state index in [0.29, 0.717) is 12.6 Å².